The molecule has 72 valence electrons. The molecule has 0 bridgehead atoms. The van der Waals surface area contributed by atoms with Crippen molar-refractivity contribution in [1.82, 2.24) is 4.90 Å². The number of likely N-dealkylation sites (N-methyl/N-ethyl adjacent to an activating group) is 1. The van der Waals surface area contributed by atoms with Crippen LogP contribution in [0.15, 0.2) is 0 Å². The van der Waals surface area contributed by atoms with E-state index < -0.39 is 24.3 Å². The van der Waals surface area contributed by atoms with E-state index in [0.717, 1.165) is 0 Å². The Morgan fingerprint density at radius 3 is 1.50 bits per heavy atom. The highest BCUT2D eigenvalue weighted by molar-refractivity contribution is 4.98. The molecule has 4 N–H and O–H groups in total. The summed E-state index contributed by atoms with van der Waals surface area (Å²) in [5.41, 5.74) is 0. The molecule has 0 radical (unpaired) electrons. The quantitative estimate of drug-likeness (QED) is 0.371. The Hall–Kier alpha value is -0.200. The molecule has 1 fully saturated rings. The molecule has 0 aromatic heterocycles. The summed E-state index contributed by atoms with van der Waals surface area (Å²) >= 11 is 0. The number of hydrogen-bond donors (Lipinski definition) is 4. The van der Waals surface area contributed by atoms with Crippen LogP contribution < -0.4 is 0 Å². The first kappa shape index (κ1) is 9.88. The third kappa shape index (κ3) is 1.34. The van der Waals surface area contributed by atoms with E-state index in [1.165, 1.54) is 0 Å². The second kappa shape index (κ2) is 3.68. The number of rotatable bonds is 2. The van der Waals surface area contributed by atoms with Gasteiger partial charge in [0.15, 0.2) is 0 Å². The SMILES string of the molecule is CN1C(CO)[C@@H](O)[C@H](O)[C@H]1CO. The number of aliphatic hydroxyl groups is 4. The van der Waals surface area contributed by atoms with Gasteiger partial charge in [-0.15, -0.1) is 0 Å². The van der Waals surface area contributed by atoms with Crippen LogP contribution in [0.1, 0.15) is 0 Å². The van der Waals surface area contributed by atoms with Crippen molar-refractivity contribution in [2.45, 2.75) is 24.3 Å². The lowest BCUT2D eigenvalue weighted by Gasteiger charge is -2.22. The molecule has 0 spiro atoms. The van der Waals surface area contributed by atoms with E-state index in [2.05, 4.69) is 0 Å². The summed E-state index contributed by atoms with van der Waals surface area (Å²) in [6.45, 7) is -0.434. The molecule has 5 nitrogen and oxygen atoms in total. The summed E-state index contributed by atoms with van der Waals surface area (Å²) < 4.78 is 0. The first-order valence-electron chi connectivity index (χ1n) is 3.93. The molecular formula is C7H15NO4. The first-order chi connectivity index (χ1) is 5.63. The van der Waals surface area contributed by atoms with Crippen LogP contribution in [0, 0.1) is 0 Å². The zero-order valence-corrected chi connectivity index (χ0v) is 6.96. The Morgan fingerprint density at radius 2 is 1.33 bits per heavy atom. The van der Waals surface area contributed by atoms with Crippen LogP contribution in [-0.4, -0.2) is 69.9 Å². The molecule has 0 aromatic carbocycles. The highest BCUT2D eigenvalue weighted by Gasteiger charge is 2.44. The van der Waals surface area contributed by atoms with Crippen molar-refractivity contribution in [3.63, 3.8) is 0 Å². The zero-order valence-electron chi connectivity index (χ0n) is 6.96. The number of hydrogen-bond acceptors (Lipinski definition) is 5. The Balaban J connectivity index is 2.71. The summed E-state index contributed by atoms with van der Waals surface area (Å²) in [4.78, 5) is 1.59. The normalized spacial score (nSPS) is 43.8. The van der Waals surface area contributed by atoms with Gasteiger partial charge in [0.05, 0.1) is 37.5 Å². The highest BCUT2D eigenvalue weighted by Crippen LogP contribution is 2.22. The van der Waals surface area contributed by atoms with E-state index >= 15 is 0 Å². The molecule has 1 saturated heterocycles. The van der Waals surface area contributed by atoms with Crippen molar-refractivity contribution in [3.8, 4) is 0 Å². The van der Waals surface area contributed by atoms with Gasteiger partial charge in [0.1, 0.15) is 0 Å². The van der Waals surface area contributed by atoms with Crippen molar-refractivity contribution in [2.75, 3.05) is 20.3 Å². The van der Waals surface area contributed by atoms with Gasteiger partial charge in [0.2, 0.25) is 0 Å². The molecule has 1 heterocycles. The van der Waals surface area contributed by atoms with E-state index in [4.69, 9.17) is 10.2 Å². The molecule has 12 heavy (non-hydrogen) atoms. The molecular weight excluding hydrogens is 162 g/mol. The van der Waals surface area contributed by atoms with Gasteiger partial charge >= 0.3 is 0 Å². The smallest absolute Gasteiger partial charge is 0.0992 e. The van der Waals surface area contributed by atoms with Crippen LogP contribution in [-0.2, 0) is 0 Å². The molecule has 5 heteroatoms. The molecule has 1 rings (SSSR count). The molecule has 0 saturated carbocycles. The van der Waals surface area contributed by atoms with Gasteiger partial charge in [0.25, 0.3) is 0 Å². The van der Waals surface area contributed by atoms with Crippen LogP contribution in [0.4, 0.5) is 0 Å². The predicted molar refractivity (Wildman–Crippen MR) is 41.5 cm³/mol. The van der Waals surface area contributed by atoms with Crippen LogP contribution in [0.5, 0.6) is 0 Å². The van der Waals surface area contributed by atoms with E-state index in [9.17, 15) is 10.2 Å². The average Bonchev–Trinajstić information content (AvgIpc) is 2.25. The Morgan fingerprint density at radius 1 is 1.00 bits per heavy atom. The largest absolute Gasteiger partial charge is 0.395 e. The Labute approximate surface area is 70.9 Å². The monoisotopic (exact) mass is 177 g/mol. The van der Waals surface area contributed by atoms with Gasteiger partial charge in [-0.1, -0.05) is 0 Å². The lowest BCUT2D eigenvalue weighted by Crippen LogP contribution is -2.39. The first-order valence-corrected chi connectivity index (χ1v) is 3.93. The number of nitrogens with zero attached hydrogens (tertiary/aromatic N) is 1. The number of likely N-dealkylation sites (tertiary alicyclic amines) is 1. The van der Waals surface area contributed by atoms with Gasteiger partial charge in [-0.25, -0.2) is 0 Å². The topological polar surface area (TPSA) is 84.2 Å². The fraction of sp³-hybridized carbons (Fsp3) is 1.00. The van der Waals surface area contributed by atoms with Crippen LogP contribution in [0.2, 0.25) is 0 Å². The fourth-order valence-corrected chi connectivity index (χ4v) is 1.66. The third-order valence-electron chi connectivity index (χ3n) is 2.56. The maximum Gasteiger partial charge on any atom is 0.0992 e. The summed E-state index contributed by atoms with van der Waals surface area (Å²) in [6.07, 6.45) is -1.95. The maximum atomic E-state index is 9.37. The average molecular weight is 177 g/mol. The lowest BCUT2D eigenvalue weighted by atomic mass is 10.1. The molecule has 1 aliphatic heterocycles. The molecule has 4 atom stereocenters. The Bertz CT molecular complexity index is 138. The van der Waals surface area contributed by atoms with Crippen molar-refractivity contribution in [3.05, 3.63) is 0 Å². The molecule has 0 amide bonds. The molecule has 1 unspecified atom stereocenters. The molecule has 1 aliphatic rings. The van der Waals surface area contributed by atoms with Crippen LogP contribution in [0.25, 0.3) is 0 Å². The standard InChI is InChI=1S/C7H15NO4/c1-8-4(2-9)6(11)7(12)5(8)3-10/h4-7,9-12H,2-3H2,1H3/t4-,5?,6-,7-/m1/s1. The van der Waals surface area contributed by atoms with Crippen molar-refractivity contribution < 1.29 is 20.4 Å². The third-order valence-corrected chi connectivity index (χ3v) is 2.56. The summed E-state index contributed by atoms with van der Waals surface area (Å²) in [5.74, 6) is 0. The summed E-state index contributed by atoms with van der Waals surface area (Å²) in [6, 6.07) is -0.950. The predicted octanol–water partition coefficient (Wildman–Crippen LogP) is -2.62. The second-order valence-electron chi connectivity index (χ2n) is 3.15. The van der Waals surface area contributed by atoms with Crippen molar-refractivity contribution >= 4 is 0 Å². The number of aliphatic hydroxyl groups excluding tert-OH is 4. The fourth-order valence-electron chi connectivity index (χ4n) is 1.66. The maximum absolute atomic E-state index is 9.37. The lowest BCUT2D eigenvalue weighted by molar-refractivity contribution is 0.0130. The van der Waals surface area contributed by atoms with E-state index in [1.54, 1.807) is 11.9 Å². The van der Waals surface area contributed by atoms with Crippen LogP contribution >= 0.6 is 0 Å². The second-order valence-corrected chi connectivity index (χ2v) is 3.15. The van der Waals surface area contributed by atoms with E-state index in [1.807, 2.05) is 0 Å². The molecule has 0 aliphatic carbocycles. The zero-order chi connectivity index (χ0) is 9.30. The van der Waals surface area contributed by atoms with Crippen molar-refractivity contribution in [1.29, 1.82) is 0 Å². The van der Waals surface area contributed by atoms with Gasteiger partial charge < -0.3 is 20.4 Å². The van der Waals surface area contributed by atoms with Crippen molar-refractivity contribution in [2.24, 2.45) is 0 Å². The molecule has 0 aromatic rings. The van der Waals surface area contributed by atoms with E-state index in [-0.39, 0.29) is 13.2 Å². The van der Waals surface area contributed by atoms with Gasteiger partial charge in [0, 0.05) is 0 Å². The minimum atomic E-state index is -0.975. The van der Waals surface area contributed by atoms with Gasteiger partial charge in [-0.2, -0.15) is 0 Å². The summed E-state index contributed by atoms with van der Waals surface area (Å²) in [7, 11) is 1.65. The minimum Gasteiger partial charge on any atom is -0.395 e. The highest BCUT2D eigenvalue weighted by atomic mass is 16.3. The van der Waals surface area contributed by atoms with Gasteiger partial charge in [-0.05, 0) is 7.05 Å². The van der Waals surface area contributed by atoms with E-state index in [0.29, 0.717) is 0 Å². The van der Waals surface area contributed by atoms with Gasteiger partial charge in [-0.3, -0.25) is 4.90 Å². The van der Waals surface area contributed by atoms with Crippen LogP contribution in [0.3, 0.4) is 0 Å². The Kier molecular flexibility index (Phi) is 3.03. The minimum absolute atomic E-state index is 0.217. The summed E-state index contributed by atoms with van der Waals surface area (Å²) in [5, 5.41) is 36.4.